The predicted octanol–water partition coefficient (Wildman–Crippen LogP) is 4.99. The Morgan fingerprint density at radius 2 is 1.84 bits per heavy atom. The minimum atomic E-state index is -0.435. The molecule has 0 aliphatic carbocycles. The summed E-state index contributed by atoms with van der Waals surface area (Å²) < 4.78 is 16.0. The van der Waals surface area contributed by atoms with E-state index in [0.717, 1.165) is 5.56 Å². The maximum Gasteiger partial charge on any atom is 0.341 e. The van der Waals surface area contributed by atoms with Crippen molar-refractivity contribution in [3.8, 4) is 5.75 Å². The molecule has 6 heteroatoms. The molecule has 2 aromatic carbocycles. The van der Waals surface area contributed by atoms with Crippen LogP contribution >= 0.6 is 23.2 Å². The molecule has 4 nitrogen and oxygen atoms in total. The van der Waals surface area contributed by atoms with Crippen LogP contribution in [0.15, 0.2) is 54.8 Å². The van der Waals surface area contributed by atoms with Crippen LogP contribution in [0.1, 0.15) is 12.5 Å². The SMILES string of the molecule is CCOC(=O)C(=COCCOc1ccc(Cl)cc1Cl)c1ccccc1. The molecule has 0 N–H and O–H groups in total. The zero-order chi connectivity index (χ0) is 18.1. The van der Waals surface area contributed by atoms with Crippen molar-refractivity contribution in [2.45, 2.75) is 6.92 Å². The van der Waals surface area contributed by atoms with Crippen LogP contribution in [0.5, 0.6) is 5.75 Å². The van der Waals surface area contributed by atoms with Gasteiger partial charge in [0.15, 0.2) is 0 Å². The standard InChI is InChI=1S/C19H18Cl2O4/c1-2-24-19(22)16(14-6-4-3-5-7-14)13-23-10-11-25-18-9-8-15(20)12-17(18)21/h3-9,12-13H,2,10-11H2,1H3. The molecule has 25 heavy (non-hydrogen) atoms. The van der Waals surface area contributed by atoms with Gasteiger partial charge in [0.2, 0.25) is 0 Å². The lowest BCUT2D eigenvalue weighted by Crippen LogP contribution is -2.09. The quantitative estimate of drug-likeness (QED) is 0.280. The van der Waals surface area contributed by atoms with Crippen molar-refractivity contribution in [2.24, 2.45) is 0 Å². The number of benzene rings is 2. The van der Waals surface area contributed by atoms with Crippen LogP contribution in [0.3, 0.4) is 0 Å². The number of halogens is 2. The molecule has 0 atom stereocenters. The van der Waals surface area contributed by atoms with Crippen molar-refractivity contribution in [2.75, 3.05) is 19.8 Å². The summed E-state index contributed by atoms with van der Waals surface area (Å²) in [5.74, 6) is 0.0858. The topological polar surface area (TPSA) is 44.8 Å². The number of ether oxygens (including phenoxy) is 3. The predicted molar refractivity (Wildman–Crippen MR) is 99.0 cm³/mol. The zero-order valence-corrected chi connectivity index (χ0v) is 15.2. The Balaban J connectivity index is 1.93. The Morgan fingerprint density at radius 3 is 2.52 bits per heavy atom. The molecule has 2 aromatic rings. The molecule has 0 spiro atoms. The molecule has 0 radical (unpaired) electrons. The molecular formula is C19H18Cl2O4. The lowest BCUT2D eigenvalue weighted by atomic mass is 10.1. The van der Waals surface area contributed by atoms with E-state index in [1.165, 1.54) is 6.26 Å². The molecule has 0 fully saturated rings. The van der Waals surface area contributed by atoms with Crippen LogP contribution in [0.25, 0.3) is 5.57 Å². The van der Waals surface area contributed by atoms with Gasteiger partial charge in [-0.15, -0.1) is 0 Å². The van der Waals surface area contributed by atoms with Gasteiger partial charge in [-0.1, -0.05) is 53.5 Å². The third kappa shape index (κ3) is 6.00. The van der Waals surface area contributed by atoms with E-state index < -0.39 is 5.97 Å². The molecule has 0 aliphatic heterocycles. The summed E-state index contributed by atoms with van der Waals surface area (Å²) in [6.45, 7) is 2.56. The molecule has 0 amide bonds. The Kier molecular flexibility index (Phi) is 7.64. The van der Waals surface area contributed by atoms with E-state index in [0.29, 0.717) is 28.0 Å². The highest BCUT2D eigenvalue weighted by atomic mass is 35.5. The highest BCUT2D eigenvalue weighted by Gasteiger charge is 2.13. The van der Waals surface area contributed by atoms with E-state index in [4.69, 9.17) is 37.4 Å². The molecule has 0 heterocycles. The van der Waals surface area contributed by atoms with E-state index >= 15 is 0 Å². The monoisotopic (exact) mass is 380 g/mol. The molecule has 0 saturated carbocycles. The van der Waals surface area contributed by atoms with Gasteiger partial charge in [0, 0.05) is 5.02 Å². The lowest BCUT2D eigenvalue weighted by molar-refractivity contribution is -0.136. The first-order valence-electron chi connectivity index (χ1n) is 7.74. The van der Waals surface area contributed by atoms with Gasteiger partial charge < -0.3 is 14.2 Å². The second-order valence-corrected chi connectivity index (χ2v) is 5.76. The number of rotatable bonds is 8. The summed E-state index contributed by atoms with van der Waals surface area (Å²) in [4.78, 5) is 12.1. The third-order valence-corrected chi connectivity index (χ3v) is 3.66. The fourth-order valence-electron chi connectivity index (χ4n) is 1.99. The Morgan fingerprint density at radius 1 is 1.08 bits per heavy atom. The van der Waals surface area contributed by atoms with Crippen molar-refractivity contribution in [3.63, 3.8) is 0 Å². The van der Waals surface area contributed by atoms with Crippen molar-refractivity contribution < 1.29 is 19.0 Å². The first-order chi connectivity index (χ1) is 12.1. The summed E-state index contributed by atoms with van der Waals surface area (Å²) in [5.41, 5.74) is 1.08. The number of hydrogen-bond donors (Lipinski definition) is 0. The smallest absolute Gasteiger partial charge is 0.341 e. The minimum Gasteiger partial charge on any atom is -0.497 e. The first-order valence-corrected chi connectivity index (χ1v) is 8.49. The fraction of sp³-hybridized carbons (Fsp3) is 0.211. The second kappa shape index (κ2) is 9.97. The summed E-state index contributed by atoms with van der Waals surface area (Å²) in [7, 11) is 0. The van der Waals surface area contributed by atoms with Gasteiger partial charge in [-0.25, -0.2) is 4.79 Å². The summed E-state index contributed by atoms with van der Waals surface area (Å²) >= 11 is 11.9. The minimum absolute atomic E-state index is 0.245. The molecular weight excluding hydrogens is 363 g/mol. The normalized spacial score (nSPS) is 11.1. The second-order valence-electron chi connectivity index (χ2n) is 4.91. The summed E-state index contributed by atoms with van der Waals surface area (Å²) in [5, 5.41) is 0.970. The van der Waals surface area contributed by atoms with Gasteiger partial charge in [0.05, 0.1) is 17.9 Å². The van der Waals surface area contributed by atoms with E-state index in [1.807, 2.05) is 30.3 Å². The Hall–Kier alpha value is -2.17. The van der Waals surface area contributed by atoms with Crippen LogP contribution in [-0.2, 0) is 14.3 Å². The van der Waals surface area contributed by atoms with E-state index in [1.54, 1.807) is 25.1 Å². The highest BCUT2D eigenvalue weighted by molar-refractivity contribution is 6.35. The van der Waals surface area contributed by atoms with Crippen LogP contribution in [0, 0.1) is 0 Å². The number of carbonyl (C=O) groups is 1. The maximum atomic E-state index is 12.1. The van der Waals surface area contributed by atoms with Crippen LogP contribution in [-0.4, -0.2) is 25.8 Å². The maximum absolute atomic E-state index is 12.1. The van der Waals surface area contributed by atoms with Crippen molar-refractivity contribution in [3.05, 3.63) is 70.4 Å². The molecule has 0 aliphatic rings. The Labute approximate surface area is 156 Å². The zero-order valence-electron chi connectivity index (χ0n) is 13.7. The fourth-order valence-corrected chi connectivity index (χ4v) is 2.46. The van der Waals surface area contributed by atoms with E-state index in [2.05, 4.69) is 0 Å². The van der Waals surface area contributed by atoms with Gasteiger partial charge in [0.1, 0.15) is 24.5 Å². The van der Waals surface area contributed by atoms with Gasteiger partial charge in [0.25, 0.3) is 0 Å². The van der Waals surface area contributed by atoms with E-state index in [-0.39, 0.29) is 13.2 Å². The third-order valence-electron chi connectivity index (χ3n) is 3.13. The largest absolute Gasteiger partial charge is 0.497 e. The van der Waals surface area contributed by atoms with Gasteiger partial charge in [-0.05, 0) is 30.7 Å². The highest BCUT2D eigenvalue weighted by Crippen LogP contribution is 2.27. The van der Waals surface area contributed by atoms with Crippen molar-refractivity contribution in [1.29, 1.82) is 0 Å². The molecule has 0 aromatic heterocycles. The van der Waals surface area contributed by atoms with Crippen LogP contribution in [0.2, 0.25) is 10.0 Å². The summed E-state index contributed by atoms with van der Waals surface area (Å²) in [6, 6.07) is 14.2. The van der Waals surface area contributed by atoms with Crippen LogP contribution < -0.4 is 4.74 Å². The first kappa shape index (κ1) is 19.2. The molecule has 132 valence electrons. The number of carbonyl (C=O) groups excluding carboxylic acids is 1. The number of esters is 1. The molecule has 0 unspecified atom stereocenters. The van der Waals surface area contributed by atoms with Gasteiger partial charge in [-0.3, -0.25) is 0 Å². The lowest BCUT2D eigenvalue weighted by Gasteiger charge is -2.10. The van der Waals surface area contributed by atoms with Crippen LogP contribution in [0.4, 0.5) is 0 Å². The van der Waals surface area contributed by atoms with E-state index in [9.17, 15) is 4.79 Å². The number of hydrogen-bond acceptors (Lipinski definition) is 4. The summed E-state index contributed by atoms with van der Waals surface area (Å²) in [6.07, 6.45) is 1.39. The van der Waals surface area contributed by atoms with Crippen molar-refractivity contribution >= 4 is 34.7 Å². The Bertz CT molecular complexity index is 729. The average molecular weight is 381 g/mol. The molecule has 0 bridgehead atoms. The molecule has 2 rings (SSSR count). The molecule has 0 saturated heterocycles. The van der Waals surface area contributed by atoms with Gasteiger partial charge in [-0.2, -0.15) is 0 Å². The van der Waals surface area contributed by atoms with Gasteiger partial charge >= 0.3 is 5.97 Å². The van der Waals surface area contributed by atoms with Crippen molar-refractivity contribution in [1.82, 2.24) is 0 Å². The average Bonchev–Trinajstić information content (AvgIpc) is 2.60.